The molecule has 3 aromatic rings. The van der Waals surface area contributed by atoms with Gasteiger partial charge >= 0.3 is 0 Å². The van der Waals surface area contributed by atoms with Crippen LogP contribution in [0, 0.1) is 0 Å². The molecule has 4 nitrogen and oxygen atoms in total. The maximum absolute atomic E-state index is 12.1. The lowest BCUT2D eigenvalue weighted by atomic mass is 10.1. The highest BCUT2D eigenvalue weighted by molar-refractivity contribution is 5.62. The summed E-state index contributed by atoms with van der Waals surface area (Å²) in [5.74, 6) is 0. The summed E-state index contributed by atoms with van der Waals surface area (Å²) in [6.07, 6.45) is 2.54. The zero-order valence-corrected chi connectivity index (χ0v) is 14.1. The summed E-state index contributed by atoms with van der Waals surface area (Å²) in [5.41, 5.74) is 4.10. The van der Waals surface area contributed by atoms with Crippen molar-refractivity contribution in [3.05, 3.63) is 82.6 Å². The fraction of sp³-hybridized carbons (Fsp3) is 0.238. The van der Waals surface area contributed by atoms with Crippen LogP contribution in [0.2, 0.25) is 0 Å². The number of hydrogen-bond acceptors (Lipinski definition) is 3. The molecule has 4 heteroatoms. The fourth-order valence-electron chi connectivity index (χ4n) is 3.29. The summed E-state index contributed by atoms with van der Waals surface area (Å²) in [7, 11) is 0. The van der Waals surface area contributed by atoms with Crippen LogP contribution in [-0.2, 0) is 6.54 Å². The highest BCUT2D eigenvalue weighted by atomic mass is 16.1. The molecule has 0 N–H and O–H groups in total. The summed E-state index contributed by atoms with van der Waals surface area (Å²) in [6, 6.07) is 21.8. The van der Waals surface area contributed by atoms with Gasteiger partial charge in [-0.3, -0.25) is 4.79 Å². The van der Waals surface area contributed by atoms with E-state index in [4.69, 9.17) is 0 Å². The maximum atomic E-state index is 12.1. The summed E-state index contributed by atoms with van der Waals surface area (Å²) < 4.78 is 1.53. The van der Waals surface area contributed by atoms with Gasteiger partial charge in [-0.1, -0.05) is 42.5 Å². The van der Waals surface area contributed by atoms with Crippen LogP contribution in [0.25, 0.3) is 11.3 Å². The largest absolute Gasteiger partial charge is 0.372 e. The van der Waals surface area contributed by atoms with Gasteiger partial charge in [-0.2, -0.15) is 5.10 Å². The van der Waals surface area contributed by atoms with E-state index < -0.39 is 0 Å². The monoisotopic (exact) mass is 331 g/mol. The molecule has 0 bridgehead atoms. The lowest BCUT2D eigenvalue weighted by molar-refractivity contribution is 0.643. The summed E-state index contributed by atoms with van der Waals surface area (Å²) >= 11 is 0. The summed E-state index contributed by atoms with van der Waals surface area (Å²) in [6.45, 7) is 2.76. The first-order chi connectivity index (χ1) is 12.3. The van der Waals surface area contributed by atoms with Crippen LogP contribution in [0.4, 0.5) is 5.69 Å². The van der Waals surface area contributed by atoms with Crippen molar-refractivity contribution in [2.45, 2.75) is 19.4 Å². The Balaban J connectivity index is 1.60. The van der Waals surface area contributed by atoms with Crippen LogP contribution < -0.4 is 10.5 Å². The molecular formula is C21H21N3O. The van der Waals surface area contributed by atoms with E-state index in [1.54, 1.807) is 12.1 Å². The third kappa shape index (κ3) is 3.48. The third-order valence-corrected chi connectivity index (χ3v) is 4.68. The van der Waals surface area contributed by atoms with Gasteiger partial charge in [-0.05, 0) is 36.6 Å². The molecule has 1 aliphatic heterocycles. The number of aromatic nitrogens is 2. The van der Waals surface area contributed by atoms with E-state index >= 15 is 0 Å². The molecular weight excluding hydrogens is 310 g/mol. The Labute approximate surface area is 147 Å². The average Bonchev–Trinajstić information content (AvgIpc) is 3.19. The Morgan fingerprint density at radius 2 is 1.56 bits per heavy atom. The first-order valence-electron chi connectivity index (χ1n) is 8.77. The molecule has 0 saturated carbocycles. The molecule has 4 rings (SSSR count). The van der Waals surface area contributed by atoms with Crippen LogP contribution >= 0.6 is 0 Å². The standard InChI is InChI=1S/C21H21N3O/c25-21-13-12-20(22-24(21)16-17-6-2-1-3-7-17)18-8-10-19(11-9-18)23-14-4-5-15-23/h1-3,6-13H,4-5,14-16H2. The van der Waals surface area contributed by atoms with E-state index in [0.717, 1.165) is 29.9 Å². The maximum Gasteiger partial charge on any atom is 0.267 e. The molecule has 1 saturated heterocycles. The summed E-state index contributed by atoms with van der Waals surface area (Å²) in [4.78, 5) is 14.5. The van der Waals surface area contributed by atoms with Gasteiger partial charge in [0.15, 0.2) is 0 Å². The van der Waals surface area contributed by atoms with Crippen molar-refractivity contribution in [3.63, 3.8) is 0 Å². The Bertz CT molecular complexity index is 894. The minimum atomic E-state index is -0.0821. The highest BCUT2D eigenvalue weighted by Gasteiger charge is 2.12. The van der Waals surface area contributed by atoms with Crippen LogP contribution in [-0.4, -0.2) is 22.9 Å². The molecule has 126 valence electrons. The van der Waals surface area contributed by atoms with Gasteiger partial charge in [0, 0.05) is 30.4 Å². The molecule has 2 heterocycles. The lowest BCUT2D eigenvalue weighted by Crippen LogP contribution is -2.22. The van der Waals surface area contributed by atoms with Gasteiger partial charge in [0.05, 0.1) is 12.2 Å². The van der Waals surface area contributed by atoms with Crippen LogP contribution in [0.1, 0.15) is 18.4 Å². The molecule has 1 fully saturated rings. The lowest BCUT2D eigenvalue weighted by Gasteiger charge is -2.17. The van der Waals surface area contributed by atoms with Gasteiger partial charge in [0.2, 0.25) is 0 Å². The predicted molar refractivity (Wildman–Crippen MR) is 101 cm³/mol. The normalized spacial score (nSPS) is 14.0. The second kappa shape index (κ2) is 6.93. The SMILES string of the molecule is O=c1ccc(-c2ccc(N3CCCC3)cc2)nn1Cc1ccccc1. The fourth-order valence-corrected chi connectivity index (χ4v) is 3.29. The Morgan fingerprint density at radius 1 is 0.840 bits per heavy atom. The van der Waals surface area contributed by atoms with Crippen molar-refractivity contribution in [1.29, 1.82) is 0 Å². The molecule has 0 amide bonds. The molecule has 1 aliphatic rings. The number of anilines is 1. The van der Waals surface area contributed by atoms with Crippen LogP contribution in [0.15, 0.2) is 71.5 Å². The molecule has 0 spiro atoms. The van der Waals surface area contributed by atoms with E-state index in [1.165, 1.54) is 23.2 Å². The highest BCUT2D eigenvalue weighted by Crippen LogP contribution is 2.24. The first-order valence-corrected chi connectivity index (χ1v) is 8.77. The summed E-state index contributed by atoms with van der Waals surface area (Å²) in [5, 5.41) is 4.56. The molecule has 25 heavy (non-hydrogen) atoms. The van der Waals surface area contributed by atoms with Gasteiger partial charge < -0.3 is 4.90 Å². The molecule has 0 atom stereocenters. The van der Waals surface area contributed by atoms with Gasteiger partial charge in [-0.25, -0.2) is 4.68 Å². The van der Waals surface area contributed by atoms with Crippen molar-refractivity contribution < 1.29 is 0 Å². The number of nitrogens with zero attached hydrogens (tertiary/aromatic N) is 3. The van der Waals surface area contributed by atoms with Crippen molar-refractivity contribution in [2.24, 2.45) is 0 Å². The zero-order chi connectivity index (χ0) is 17.1. The Morgan fingerprint density at radius 3 is 2.28 bits per heavy atom. The number of hydrogen-bond donors (Lipinski definition) is 0. The Hall–Kier alpha value is -2.88. The zero-order valence-electron chi connectivity index (χ0n) is 14.1. The van der Waals surface area contributed by atoms with Gasteiger partial charge in [0.25, 0.3) is 5.56 Å². The van der Waals surface area contributed by atoms with Crippen LogP contribution in [0.5, 0.6) is 0 Å². The molecule has 2 aromatic carbocycles. The van der Waals surface area contributed by atoms with E-state index in [9.17, 15) is 4.79 Å². The second-order valence-electron chi connectivity index (χ2n) is 6.44. The topological polar surface area (TPSA) is 38.1 Å². The van der Waals surface area contributed by atoms with E-state index in [2.05, 4.69) is 34.3 Å². The minimum absolute atomic E-state index is 0.0821. The minimum Gasteiger partial charge on any atom is -0.372 e. The van der Waals surface area contributed by atoms with Crippen molar-refractivity contribution in [3.8, 4) is 11.3 Å². The van der Waals surface area contributed by atoms with E-state index in [1.807, 2.05) is 30.3 Å². The molecule has 1 aromatic heterocycles. The first kappa shape index (κ1) is 15.6. The Kier molecular flexibility index (Phi) is 4.34. The quantitative estimate of drug-likeness (QED) is 0.734. The third-order valence-electron chi connectivity index (χ3n) is 4.68. The molecule has 0 unspecified atom stereocenters. The van der Waals surface area contributed by atoms with E-state index in [0.29, 0.717) is 6.54 Å². The molecule has 0 aliphatic carbocycles. The number of benzene rings is 2. The molecule has 0 radical (unpaired) electrons. The van der Waals surface area contributed by atoms with E-state index in [-0.39, 0.29) is 5.56 Å². The van der Waals surface area contributed by atoms with Gasteiger partial charge in [-0.15, -0.1) is 0 Å². The number of rotatable bonds is 4. The smallest absolute Gasteiger partial charge is 0.267 e. The van der Waals surface area contributed by atoms with Crippen molar-refractivity contribution in [1.82, 2.24) is 9.78 Å². The van der Waals surface area contributed by atoms with Crippen molar-refractivity contribution >= 4 is 5.69 Å². The second-order valence-corrected chi connectivity index (χ2v) is 6.44. The van der Waals surface area contributed by atoms with Gasteiger partial charge in [0.1, 0.15) is 0 Å². The van der Waals surface area contributed by atoms with Crippen molar-refractivity contribution in [2.75, 3.05) is 18.0 Å². The predicted octanol–water partition coefficient (Wildman–Crippen LogP) is 3.56. The van der Waals surface area contributed by atoms with Crippen LogP contribution in [0.3, 0.4) is 0 Å². The average molecular weight is 331 g/mol.